The van der Waals surface area contributed by atoms with Gasteiger partial charge in [-0.25, -0.2) is 9.67 Å². The Morgan fingerprint density at radius 2 is 2.10 bits per heavy atom. The summed E-state index contributed by atoms with van der Waals surface area (Å²) in [5.74, 6) is 0.688. The normalized spacial score (nSPS) is 14.2. The lowest BCUT2D eigenvalue weighted by molar-refractivity contribution is 0.181. The van der Waals surface area contributed by atoms with Crippen molar-refractivity contribution in [3.63, 3.8) is 0 Å². The molecule has 20 heavy (non-hydrogen) atoms. The van der Waals surface area contributed by atoms with Gasteiger partial charge in [0.25, 0.3) is 0 Å². The fraction of sp³-hybridized carbons (Fsp3) is 0.429. The van der Waals surface area contributed by atoms with Crippen LogP contribution in [0.3, 0.4) is 0 Å². The number of hydrogen-bond donors (Lipinski definition) is 2. The Hall–Kier alpha value is -1.37. The van der Waals surface area contributed by atoms with Crippen LogP contribution in [0.5, 0.6) is 0 Å². The highest BCUT2D eigenvalue weighted by atomic mass is 32.2. The van der Waals surface area contributed by atoms with Crippen molar-refractivity contribution < 1.29 is 5.11 Å². The van der Waals surface area contributed by atoms with Gasteiger partial charge in [0.1, 0.15) is 6.33 Å². The molecule has 0 aliphatic heterocycles. The summed E-state index contributed by atoms with van der Waals surface area (Å²) in [4.78, 5) is 4.21. The van der Waals surface area contributed by atoms with Gasteiger partial charge >= 0.3 is 0 Å². The van der Waals surface area contributed by atoms with E-state index in [2.05, 4.69) is 15.4 Å². The van der Waals surface area contributed by atoms with Crippen LogP contribution < -0.4 is 5.32 Å². The summed E-state index contributed by atoms with van der Waals surface area (Å²) >= 11 is 1.59. The Bertz CT molecular complexity index is 531. The minimum atomic E-state index is -0.466. The molecular formula is C14H20N4OS. The van der Waals surface area contributed by atoms with E-state index < -0.39 is 5.54 Å². The zero-order chi connectivity index (χ0) is 14.4. The Labute approximate surface area is 123 Å². The molecule has 1 heterocycles. The minimum absolute atomic E-state index is 0.0374. The molecule has 0 saturated carbocycles. The largest absolute Gasteiger partial charge is 0.394 e. The second kappa shape index (κ2) is 6.88. The molecule has 0 radical (unpaired) electrons. The van der Waals surface area contributed by atoms with Crippen LogP contribution >= 0.6 is 11.8 Å². The number of aromatic nitrogens is 3. The SMILES string of the molecule is CCNC(CO)(CSc1ncnn1C)c1ccccc1. The van der Waals surface area contributed by atoms with Crippen LogP contribution in [0.15, 0.2) is 41.8 Å². The smallest absolute Gasteiger partial charge is 0.185 e. The Balaban J connectivity index is 2.21. The van der Waals surface area contributed by atoms with E-state index in [-0.39, 0.29) is 6.61 Å². The van der Waals surface area contributed by atoms with Crippen molar-refractivity contribution in [3.05, 3.63) is 42.2 Å². The van der Waals surface area contributed by atoms with Gasteiger partial charge in [0, 0.05) is 12.8 Å². The summed E-state index contributed by atoms with van der Waals surface area (Å²) in [7, 11) is 1.87. The monoisotopic (exact) mass is 292 g/mol. The van der Waals surface area contributed by atoms with E-state index in [1.165, 1.54) is 0 Å². The van der Waals surface area contributed by atoms with Gasteiger partial charge in [-0.2, -0.15) is 5.10 Å². The van der Waals surface area contributed by atoms with Gasteiger partial charge in [-0.3, -0.25) is 0 Å². The van der Waals surface area contributed by atoms with E-state index >= 15 is 0 Å². The van der Waals surface area contributed by atoms with Crippen molar-refractivity contribution in [2.45, 2.75) is 17.6 Å². The number of aliphatic hydroxyl groups excluding tert-OH is 1. The molecular weight excluding hydrogens is 272 g/mol. The third-order valence-electron chi connectivity index (χ3n) is 3.23. The van der Waals surface area contributed by atoms with Crippen LogP contribution in [0.25, 0.3) is 0 Å². The number of hydrogen-bond acceptors (Lipinski definition) is 5. The number of benzene rings is 1. The lowest BCUT2D eigenvalue weighted by atomic mass is 9.92. The van der Waals surface area contributed by atoms with E-state index in [4.69, 9.17) is 0 Å². The van der Waals surface area contributed by atoms with Gasteiger partial charge in [0.05, 0.1) is 12.1 Å². The molecule has 1 atom stereocenters. The molecule has 0 spiro atoms. The van der Waals surface area contributed by atoms with Crippen LogP contribution in [0.2, 0.25) is 0 Å². The number of likely N-dealkylation sites (N-methyl/N-ethyl adjacent to an activating group) is 1. The summed E-state index contributed by atoms with van der Waals surface area (Å²) in [5.41, 5.74) is 0.617. The summed E-state index contributed by atoms with van der Waals surface area (Å²) in [5, 5.41) is 18.3. The summed E-state index contributed by atoms with van der Waals surface area (Å²) in [6.07, 6.45) is 1.54. The number of rotatable bonds is 7. The van der Waals surface area contributed by atoms with Gasteiger partial charge in [-0.15, -0.1) is 0 Å². The number of nitrogens with one attached hydrogen (secondary N) is 1. The molecule has 1 aromatic heterocycles. The summed E-state index contributed by atoms with van der Waals surface area (Å²) in [6, 6.07) is 10.0. The second-order valence-corrected chi connectivity index (χ2v) is 5.53. The van der Waals surface area contributed by atoms with Crippen LogP contribution in [0.4, 0.5) is 0 Å². The van der Waals surface area contributed by atoms with Crippen LogP contribution in [-0.4, -0.2) is 38.8 Å². The van der Waals surface area contributed by atoms with E-state index in [1.807, 2.05) is 44.3 Å². The Morgan fingerprint density at radius 1 is 1.35 bits per heavy atom. The highest BCUT2D eigenvalue weighted by Crippen LogP contribution is 2.28. The molecule has 0 aliphatic carbocycles. The number of aliphatic hydroxyl groups is 1. The number of thioether (sulfide) groups is 1. The van der Waals surface area contributed by atoms with E-state index in [9.17, 15) is 5.11 Å². The van der Waals surface area contributed by atoms with E-state index in [0.29, 0.717) is 5.75 Å². The standard InChI is InChI=1S/C14H20N4OS/c1-3-16-14(9-19,12-7-5-4-6-8-12)10-20-13-15-11-17-18(13)2/h4-8,11,16,19H,3,9-10H2,1-2H3. The maximum Gasteiger partial charge on any atom is 0.185 e. The van der Waals surface area contributed by atoms with Crippen LogP contribution in [-0.2, 0) is 12.6 Å². The maximum atomic E-state index is 9.94. The minimum Gasteiger partial charge on any atom is -0.394 e. The topological polar surface area (TPSA) is 63.0 Å². The molecule has 0 saturated heterocycles. The average Bonchev–Trinajstić information content (AvgIpc) is 2.90. The highest BCUT2D eigenvalue weighted by Gasteiger charge is 2.31. The highest BCUT2D eigenvalue weighted by molar-refractivity contribution is 7.99. The molecule has 0 amide bonds. The summed E-state index contributed by atoms with van der Waals surface area (Å²) < 4.78 is 1.74. The van der Waals surface area contributed by atoms with Crippen molar-refractivity contribution in [3.8, 4) is 0 Å². The Kier molecular flexibility index (Phi) is 5.17. The number of aryl methyl sites for hydroxylation is 1. The fourth-order valence-corrected chi connectivity index (χ4v) is 3.22. The van der Waals surface area contributed by atoms with Gasteiger partial charge in [-0.05, 0) is 12.1 Å². The third kappa shape index (κ3) is 3.20. The second-order valence-electron chi connectivity index (χ2n) is 4.59. The molecule has 0 bridgehead atoms. The fourth-order valence-electron chi connectivity index (χ4n) is 2.13. The van der Waals surface area contributed by atoms with Crippen molar-refractivity contribution in [2.24, 2.45) is 7.05 Å². The van der Waals surface area contributed by atoms with Crippen molar-refractivity contribution >= 4 is 11.8 Å². The first-order valence-corrected chi connectivity index (χ1v) is 7.58. The van der Waals surface area contributed by atoms with Crippen LogP contribution in [0.1, 0.15) is 12.5 Å². The van der Waals surface area contributed by atoms with Gasteiger partial charge in [0.15, 0.2) is 5.16 Å². The first kappa shape index (κ1) is 15.0. The van der Waals surface area contributed by atoms with Gasteiger partial charge in [-0.1, -0.05) is 49.0 Å². The maximum absolute atomic E-state index is 9.94. The van der Waals surface area contributed by atoms with Gasteiger partial charge < -0.3 is 10.4 Å². The average molecular weight is 292 g/mol. The molecule has 5 nitrogen and oxygen atoms in total. The molecule has 1 unspecified atom stereocenters. The quantitative estimate of drug-likeness (QED) is 0.755. The molecule has 2 rings (SSSR count). The van der Waals surface area contributed by atoms with Crippen molar-refractivity contribution in [1.82, 2.24) is 20.1 Å². The zero-order valence-electron chi connectivity index (χ0n) is 11.8. The number of nitrogens with zero attached hydrogens (tertiary/aromatic N) is 3. The lowest BCUT2D eigenvalue weighted by Crippen LogP contribution is -2.47. The molecule has 6 heteroatoms. The molecule has 0 aliphatic rings. The third-order valence-corrected chi connectivity index (χ3v) is 4.49. The van der Waals surface area contributed by atoms with Gasteiger partial charge in [0.2, 0.25) is 0 Å². The molecule has 0 fully saturated rings. The predicted octanol–water partition coefficient (Wildman–Crippen LogP) is 1.40. The molecule has 108 valence electrons. The van der Waals surface area contributed by atoms with E-state index in [0.717, 1.165) is 17.3 Å². The van der Waals surface area contributed by atoms with E-state index in [1.54, 1.807) is 22.8 Å². The Morgan fingerprint density at radius 3 is 2.65 bits per heavy atom. The molecule has 2 N–H and O–H groups in total. The lowest BCUT2D eigenvalue weighted by Gasteiger charge is -2.33. The van der Waals surface area contributed by atoms with Crippen LogP contribution in [0, 0.1) is 0 Å². The molecule has 1 aromatic carbocycles. The predicted molar refractivity (Wildman–Crippen MR) is 80.6 cm³/mol. The molecule has 2 aromatic rings. The first-order valence-electron chi connectivity index (χ1n) is 6.60. The first-order chi connectivity index (χ1) is 9.72. The van der Waals surface area contributed by atoms with Crippen molar-refractivity contribution in [1.29, 1.82) is 0 Å². The zero-order valence-corrected chi connectivity index (χ0v) is 12.6. The van der Waals surface area contributed by atoms with Crippen molar-refractivity contribution in [2.75, 3.05) is 18.9 Å². The summed E-state index contributed by atoms with van der Waals surface area (Å²) in [6.45, 7) is 2.87.